The maximum Gasteiger partial charge on any atom is 0.371 e. The van der Waals surface area contributed by atoms with E-state index in [4.69, 9.17) is 9.52 Å². The Hall–Kier alpha value is -1.34. The van der Waals surface area contributed by atoms with E-state index in [1.54, 1.807) is 0 Å². The summed E-state index contributed by atoms with van der Waals surface area (Å²) < 4.78 is 31.5. The largest absolute Gasteiger partial charge is 0.475 e. The SMILES string of the molecule is CC1CC(C)C(C)N(S(=O)(=O)c2ccc(C(=O)O)o2)C1. The molecule has 1 aliphatic heterocycles. The Bertz CT molecular complexity index is 606. The van der Waals surface area contributed by atoms with Gasteiger partial charge in [0.05, 0.1) is 0 Å². The lowest BCUT2D eigenvalue weighted by Crippen LogP contribution is -2.48. The van der Waals surface area contributed by atoms with E-state index in [9.17, 15) is 13.2 Å². The van der Waals surface area contributed by atoms with Crippen molar-refractivity contribution in [2.75, 3.05) is 6.54 Å². The minimum Gasteiger partial charge on any atom is -0.475 e. The highest BCUT2D eigenvalue weighted by Gasteiger charge is 2.38. The van der Waals surface area contributed by atoms with E-state index in [0.29, 0.717) is 6.54 Å². The van der Waals surface area contributed by atoms with Gasteiger partial charge in [-0.15, -0.1) is 0 Å². The Balaban J connectivity index is 2.35. The normalized spacial score (nSPS) is 28.4. The monoisotopic (exact) mass is 301 g/mol. The van der Waals surface area contributed by atoms with Crippen molar-refractivity contribution in [3.8, 4) is 0 Å². The number of aromatic carboxylic acids is 1. The van der Waals surface area contributed by atoms with Crippen LogP contribution in [-0.2, 0) is 10.0 Å². The first-order valence-electron chi connectivity index (χ1n) is 6.58. The molecule has 1 saturated heterocycles. The minimum atomic E-state index is -3.79. The maximum atomic E-state index is 12.6. The standard InChI is InChI=1S/C13H19NO5S/c1-8-6-9(2)10(3)14(7-8)20(17,18)12-5-4-11(19-12)13(15)16/h4-5,8-10H,6-7H2,1-3H3,(H,15,16). The van der Waals surface area contributed by atoms with Crippen LogP contribution in [0.3, 0.4) is 0 Å². The Kier molecular flexibility index (Phi) is 3.93. The van der Waals surface area contributed by atoms with Gasteiger partial charge in [-0.3, -0.25) is 0 Å². The Morgan fingerprint density at radius 2 is 2.00 bits per heavy atom. The third kappa shape index (κ3) is 2.60. The number of furan rings is 1. The molecule has 1 N–H and O–H groups in total. The van der Waals surface area contributed by atoms with Gasteiger partial charge in [-0.05, 0) is 37.3 Å². The predicted octanol–water partition coefficient (Wildman–Crippen LogP) is 2.03. The Labute approximate surface area is 118 Å². The molecular weight excluding hydrogens is 282 g/mol. The van der Waals surface area contributed by atoms with Gasteiger partial charge in [0.1, 0.15) is 0 Å². The first-order chi connectivity index (χ1) is 9.23. The lowest BCUT2D eigenvalue weighted by molar-refractivity contribution is 0.0655. The minimum absolute atomic E-state index is 0.130. The smallest absolute Gasteiger partial charge is 0.371 e. The molecule has 1 fully saturated rings. The zero-order valence-electron chi connectivity index (χ0n) is 11.7. The highest BCUT2D eigenvalue weighted by molar-refractivity contribution is 7.89. The van der Waals surface area contributed by atoms with Gasteiger partial charge in [0.25, 0.3) is 10.0 Å². The van der Waals surface area contributed by atoms with E-state index in [1.807, 2.05) is 20.8 Å². The Morgan fingerprint density at radius 3 is 2.55 bits per heavy atom. The first-order valence-corrected chi connectivity index (χ1v) is 8.02. The number of nitrogens with zero attached hydrogens (tertiary/aromatic N) is 1. The first kappa shape index (κ1) is 15.1. The molecule has 0 aromatic carbocycles. The molecule has 0 aliphatic carbocycles. The maximum absolute atomic E-state index is 12.6. The number of rotatable bonds is 3. The summed E-state index contributed by atoms with van der Waals surface area (Å²) in [5, 5.41) is 8.51. The molecule has 0 saturated carbocycles. The van der Waals surface area contributed by atoms with Crippen LogP contribution in [0.25, 0.3) is 0 Å². The molecule has 7 heteroatoms. The third-order valence-corrected chi connectivity index (χ3v) is 5.73. The number of carboxylic acid groups (broad SMARTS) is 1. The number of piperidine rings is 1. The highest BCUT2D eigenvalue weighted by atomic mass is 32.2. The second-order valence-electron chi connectivity index (χ2n) is 5.56. The summed E-state index contributed by atoms with van der Waals surface area (Å²) >= 11 is 0. The molecule has 2 heterocycles. The number of hydrogen-bond donors (Lipinski definition) is 1. The van der Waals surface area contributed by atoms with Gasteiger partial charge in [-0.2, -0.15) is 4.31 Å². The predicted molar refractivity (Wildman–Crippen MR) is 72.0 cm³/mol. The number of hydrogen-bond acceptors (Lipinski definition) is 4. The average molecular weight is 301 g/mol. The van der Waals surface area contributed by atoms with Gasteiger partial charge in [0, 0.05) is 12.6 Å². The van der Waals surface area contributed by atoms with E-state index in [1.165, 1.54) is 10.4 Å². The van der Waals surface area contributed by atoms with Gasteiger partial charge in [-0.25, -0.2) is 13.2 Å². The molecule has 0 spiro atoms. The molecule has 1 aromatic heterocycles. The van der Waals surface area contributed by atoms with Crippen LogP contribution in [0.15, 0.2) is 21.6 Å². The molecule has 0 amide bonds. The Morgan fingerprint density at radius 1 is 1.35 bits per heavy atom. The fourth-order valence-electron chi connectivity index (χ4n) is 2.67. The van der Waals surface area contributed by atoms with Crippen LogP contribution in [0.4, 0.5) is 0 Å². The summed E-state index contributed by atoms with van der Waals surface area (Å²) in [6, 6.07) is 2.24. The summed E-state index contributed by atoms with van der Waals surface area (Å²) in [6.45, 7) is 6.33. The molecule has 0 radical (unpaired) electrons. The van der Waals surface area contributed by atoms with Crippen molar-refractivity contribution < 1.29 is 22.7 Å². The summed E-state index contributed by atoms with van der Waals surface area (Å²) in [4.78, 5) is 10.8. The summed E-state index contributed by atoms with van der Waals surface area (Å²) in [5.41, 5.74) is 0. The molecule has 6 nitrogen and oxygen atoms in total. The fourth-order valence-corrected chi connectivity index (χ4v) is 4.43. The second kappa shape index (κ2) is 5.21. The number of carbonyl (C=O) groups is 1. The molecule has 112 valence electrons. The molecular formula is C13H19NO5S. The van der Waals surface area contributed by atoms with Crippen LogP contribution >= 0.6 is 0 Å². The van der Waals surface area contributed by atoms with Gasteiger partial charge in [-0.1, -0.05) is 13.8 Å². The topological polar surface area (TPSA) is 87.8 Å². The molecule has 0 bridgehead atoms. The average Bonchev–Trinajstić information content (AvgIpc) is 2.83. The van der Waals surface area contributed by atoms with Crippen molar-refractivity contribution in [1.29, 1.82) is 0 Å². The van der Waals surface area contributed by atoms with E-state index in [0.717, 1.165) is 12.5 Å². The van der Waals surface area contributed by atoms with Crippen LogP contribution < -0.4 is 0 Å². The molecule has 20 heavy (non-hydrogen) atoms. The molecule has 2 rings (SSSR count). The van der Waals surface area contributed by atoms with Gasteiger partial charge in [0.15, 0.2) is 0 Å². The number of carboxylic acids is 1. The molecule has 1 aliphatic rings. The fraction of sp³-hybridized carbons (Fsp3) is 0.615. The zero-order chi connectivity index (χ0) is 15.1. The van der Waals surface area contributed by atoms with Gasteiger partial charge in [0.2, 0.25) is 10.9 Å². The van der Waals surface area contributed by atoms with Crippen LogP contribution in [0.2, 0.25) is 0 Å². The van der Waals surface area contributed by atoms with E-state index in [-0.39, 0.29) is 28.7 Å². The molecule has 1 aromatic rings. The van der Waals surface area contributed by atoms with Crippen molar-refractivity contribution in [1.82, 2.24) is 4.31 Å². The quantitative estimate of drug-likeness (QED) is 0.923. The van der Waals surface area contributed by atoms with Crippen LogP contribution in [0, 0.1) is 11.8 Å². The van der Waals surface area contributed by atoms with Crippen molar-refractivity contribution >= 4 is 16.0 Å². The molecule has 3 unspecified atom stereocenters. The summed E-state index contributed by atoms with van der Waals surface area (Å²) in [6.07, 6.45) is 0.978. The summed E-state index contributed by atoms with van der Waals surface area (Å²) in [5.74, 6) is -1.12. The van der Waals surface area contributed by atoms with Gasteiger partial charge < -0.3 is 9.52 Å². The zero-order valence-corrected chi connectivity index (χ0v) is 12.6. The van der Waals surface area contributed by atoms with E-state index in [2.05, 4.69) is 0 Å². The number of sulfonamides is 1. The third-order valence-electron chi connectivity index (χ3n) is 3.90. The highest BCUT2D eigenvalue weighted by Crippen LogP contribution is 2.32. The second-order valence-corrected chi connectivity index (χ2v) is 7.38. The van der Waals surface area contributed by atoms with E-state index < -0.39 is 16.0 Å². The van der Waals surface area contributed by atoms with Crippen molar-refractivity contribution in [3.05, 3.63) is 17.9 Å². The molecule has 3 atom stereocenters. The van der Waals surface area contributed by atoms with Crippen molar-refractivity contribution in [2.45, 2.75) is 38.3 Å². The van der Waals surface area contributed by atoms with Crippen LogP contribution in [-0.4, -0.2) is 36.4 Å². The van der Waals surface area contributed by atoms with Crippen LogP contribution in [0.1, 0.15) is 37.7 Å². The van der Waals surface area contributed by atoms with Crippen molar-refractivity contribution in [3.63, 3.8) is 0 Å². The summed E-state index contributed by atoms with van der Waals surface area (Å²) in [7, 11) is -3.79. The van der Waals surface area contributed by atoms with Gasteiger partial charge >= 0.3 is 5.97 Å². The van der Waals surface area contributed by atoms with Crippen molar-refractivity contribution in [2.24, 2.45) is 11.8 Å². The van der Waals surface area contributed by atoms with E-state index >= 15 is 0 Å². The lowest BCUT2D eigenvalue weighted by Gasteiger charge is -2.39. The van der Waals surface area contributed by atoms with Crippen LogP contribution in [0.5, 0.6) is 0 Å². The lowest BCUT2D eigenvalue weighted by atomic mass is 9.88.